The van der Waals surface area contributed by atoms with Crippen LogP contribution in [0.2, 0.25) is 0 Å². The predicted molar refractivity (Wildman–Crippen MR) is 122 cm³/mol. The van der Waals surface area contributed by atoms with Gasteiger partial charge >= 0.3 is 5.97 Å². The Labute approximate surface area is 201 Å². The monoisotopic (exact) mass is 481 g/mol. The number of halogens is 2. The van der Waals surface area contributed by atoms with E-state index in [0.717, 1.165) is 11.1 Å². The zero-order chi connectivity index (χ0) is 25.5. The minimum absolute atomic E-state index is 0.475. The molecule has 2 fully saturated rings. The molecular weight excluding hydrogens is 456 g/mol. The molecule has 2 aliphatic rings. The Hall–Kier alpha value is -3.64. The highest BCUT2D eigenvalue weighted by Gasteiger charge is 2.71. The molecule has 35 heavy (non-hydrogen) atoms. The summed E-state index contributed by atoms with van der Waals surface area (Å²) >= 11 is 0. The number of cyclic esters (lactones) is 1. The van der Waals surface area contributed by atoms with Crippen LogP contribution < -0.4 is 5.73 Å². The Balaban J connectivity index is 1.69. The van der Waals surface area contributed by atoms with E-state index in [9.17, 15) is 20.0 Å². The van der Waals surface area contributed by atoms with Crippen LogP contribution >= 0.6 is 0 Å². The molecule has 1 aromatic heterocycles. The predicted octanol–water partition coefficient (Wildman–Crippen LogP) is 3.32. The zero-order valence-electron chi connectivity index (χ0n) is 19.2. The molecule has 4 rings (SSSR count). The highest BCUT2D eigenvalue weighted by Crippen LogP contribution is 2.60. The summed E-state index contributed by atoms with van der Waals surface area (Å²) in [4.78, 5) is 28.9. The van der Waals surface area contributed by atoms with E-state index in [1.165, 1.54) is 13.0 Å². The molecule has 1 saturated heterocycles. The summed E-state index contributed by atoms with van der Waals surface area (Å²) in [6.45, 7) is 2.94. The number of aliphatic hydroxyl groups excluding tert-OH is 1. The van der Waals surface area contributed by atoms with Gasteiger partial charge in [-0.3, -0.25) is 14.6 Å². The zero-order valence-corrected chi connectivity index (χ0v) is 19.2. The highest BCUT2D eigenvalue weighted by atomic mass is 19.3. The first-order valence-corrected chi connectivity index (χ1v) is 11.2. The minimum atomic E-state index is -3.36. The van der Waals surface area contributed by atoms with Crippen molar-refractivity contribution in [2.75, 3.05) is 0 Å². The number of nitrogens with zero attached hydrogens (tertiary/aromatic N) is 2. The number of carbonyl (C=O) groups is 2. The van der Waals surface area contributed by atoms with Crippen LogP contribution in [0.3, 0.4) is 0 Å². The van der Waals surface area contributed by atoms with Crippen molar-refractivity contribution in [2.45, 2.75) is 38.4 Å². The summed E-state index contributed by atoms with van der Waals surface area (Å²) in [5, 5.41) is 19.9. The van der Waals surface area contributed by atoms with Gasteiger partial charge in [-0.05, 0) is 31.1 Å². The third-order valence-corrected chi connectivity index (χ3v) is 7.35. The van der Waals surface area contributed by atoms with Crippen LogP contribution in [0.4, 0.5) is 8.78 Å². The Kier molecular flexibility index (Phi) is 6.20. The second-order valence-corrected chi connectivity index (χ2v) is 9.27. The minimum Gasteiger partial charge on any atom is -0.462 e. The maximum Gasteiger partial charge on any atom is 0.316 e. The van der Waals surface area contributed by atoms with E-state index in [2.05, 4.69) is 11.1 Å². The van der Waals surface area contributed by atoms with Gasteiger partial charge in [0.15, 0.2) is 0 Å². The molecule has 9 heteroatoms. The number of esters is 1. The van der Waals surface area contributed by atoms with E-state index in [-0.39, 0.29) is 0 Å². The molecule has 1 aliphatic heterocycles. The second kappa shape index (κ2) is 8.86. The number of nitriles is 1. The van der Waals surface area contributed by atoms with Crippen molar-refractivity contribution in [3.63, 3.8) is 0 Å². The molecule has 1 saturated carbocycles. The number of fused-ring (bicyclic) bond motifs is 1. The van der Waals surface area contributed by atoms with Gasteiger partial charge in [-0.15, -0.1) is 0 Å². The maximum atomic E-state index is 15.1. The van der Waals surface area contributed by atoms with Crippen molar-refractivity contribution in [1.29, 1.82) is 5.26 Å². The molecule has 2 heterocycles. The Morgan fingerprint density at radius 2 is 2.03 bits per heavy atom. The quantitative estimate of drug-likeness (QED) is 0.631. The number of hydrogen-bond acceptors (Lipinski definition) is 6. The van der Waals surface area contributed by atoms with E-state index < -0.39 is 59.6 Å². The van der Waals surface area contributed by atoms with Crippen LogP contribution in [0.15, 0.2) is 48.7 Å². The molecule has 1 aliphatic carbocycles. The van der Waals surface area contributed by atoms with Gasteiger partial charge in [0.05, 0.1) is 17.3 Å². The molecule has 0 radical (unpaired) electrons. The standard InChI is InChI=1S/C26H25F2N3O4/c1-14-19(10-9-18-8-7-17(12-31-18)20-6-4-3-5-16(20)11-29)21-15(2)35-24(34)25(21,13-26(14,27)28)22(32)23(30)33/h3-10,12,14-15,19,21-22,32H,13H2,1-2H3,(H2,30,33)/b10-9+/t14-,15+,19-,21-,22+,25+/m0/s1. The molecule has 182 valence electrons. The molecule has 6 atom stereocenters. The fraction of sp³-hybridized carbons (Fsp3) is 0.385. The third-order valence-electron chi connectivity index (χ3n) is 7.35. The topological polar surface area (TPSA) is 126 Å². The lowest BCUT2D eigenvalue weighted by molar-refractivity contribution is -0.192. The number of primary amides is 1. The van der Waals surface area contributed by atoms with Crippen molar-refractivity contribution in [1.82, 2.24) is 4.98 Å². The summed E-state index contributed by atoms with van der Waals surface area (Å²) in [5.74, 6) is -8.63. The van der Waals surface area contributed by atoms with Crippen molar-refractivity contribution in [2.24, 2.45) is 28.9 Å². The maximum absolute atomic E-state index is 15.1. The number of allylic oxidation sites excluding steroid dienone is 1. The van der Waals surface area contributed by atoms with E-state index in [1.54, 1.807) is 49.5 Å². The van der Waals surface area contributed by atoms with Gasteiger partial charge in [0.2, 0.25) is 5.91 Å². The largest absolute Gasteiger partial charge is 0.462 e. The average molecular weight is 481 g/mol. The van der Waals surface area contributed by atoms with Crippen molar-refractivity contribution in [3.05, 3.63) is 59.9 Å². The summed E-state index contributed by atoms with van der Waals surface area (Å²) in [5.41, 5.74) is 5.54. The van der Waals surface area contributed by atoms with Crippen LogP contribution in [0, 0.1) is 34.5 Å². The summed E-state index contributed by atoms with van der Waals surface area (Å²) < 4.78 is 35.6. The number of aromatic nitrogens is 1. The molecule has 7 nitrogen and oxygen atoms in total. The van der Waals surface area contributed by atoms with Crippen molar-refractivity contribution in [3.8, 4) is 17.2 Å². The SMILES string of the molecule is C[C@H]1OC(=O)[C@]2([C@H](O)C(N)=O)CC(F)(F)[C@@H](C)[C@H](/C=C/c3ccc(-c4ccccc4C#N)cn3)[C@H]12. The van der Waals surface area contributed by atoms with Crippen LogP contribution in [0.25, 0.3) is 17.2 Å². The molecule has 2 aromatic rings. The van der Waals surface area contributed by atoms with E-state index in [4.69, 9.17) is 10.5 Å². The Morgan fingerprint density at radius 3 is 2.66 bits per heavy atom. The number of nitrogens with two attached hydrogens (primary N) is 1. The second-order valence-electron chi connectivity index (χ2n) is 9.27. The van der Waals surface area contributed by atoms with Gasteiger partial charge in [-0.25, -0.2) is 8.78 Å². The van der Waals surface area contributed by atoms with Crippen LogP contribution in [0.5, 0.6) is 0 Å². The van der Waals surface area contributed by atoms with E-state index in [0.29, 0.717) is 11.3 Å². The first kappa shape index (κ1) is 24.5. The number of carbonyl (C=O) groups excluding carboxylic acids is 2. The van der Waals surface area contributed by atoms with Gasteiger partial charge in [0.1, 0.15) is 17.6 Å². The van der Waals surface area contributed by atoms with Gasteiger partial charge in [-0.2, -0.15) is 5.26 Å². The summed E-state index contributed by atoms with van der Waals surface area (Å²) in [6, 6.07) is 12.7. The first-order valence-electron chi connectivity index (χ1n) is 11.2. The van der Waals surface area contributed by atoms with Crippen LogP contribution in [0.1, 0.15) is 31.5 Å². The smallest absolute Gasteiger partial charge is 0.316 e. The lowest BCUT2D eigenvalue weighted by atomic mass is 9.54. The molecule has 0 spiro atoms. The lowest BCUT2D eigenvalue weighted by Gasteiger charge is -2.48. The highest BCUT2D eigenvalue weighted by molar-refractivity contribution is 5.90. The summed E-state index contributed by atoms with van der Waals surface area (Å²) in [7, 11) is 0. The number of amides is 1. The van der Waals surface area contributed by atoms with Crippen LogP contribution in [-0.4, -0.2) is 40.1 Å². The molecule has 1 aromatic carbocycles. The Bertz CT molecular complexity index is 1220. The van der Waals surface area contributed by atoms with Crippen LogP contribution in [-0.2, 0) is 14.3 Å². The van der Waals surface area contributed by atoms with E-state index in [1.807, 2.05) is 6.07 Å². The Morgan fingerprint density at radius 1 is 1.31 bits per heavy atom. The molecular formula is C26H25F2N3O4. The fourth-order valence-corrected chi connectivity index (χ4v) is 5.53. The molecule has 0 unspecified atom stereocenters. The molecule has 0 bridgehead atoms. The van der Waals surface area contributed by atoms with Gasteiger partial charge in [-0.1, -0.05) is 37.3 Å². The number of rotatable bonds is 5. The lowest BCUT2D eigenvalue weighted by Crippen LogP contribution is -2.61. The van der Waals surface area contributed by atoms with Crippen molar-refractivity contribution >= 4 is 18.0 Å². The molecule has 1 amide bonds. The third kappa shape index (κ3) is 3.98. The number of aliphatic hydroxyl groups is 1. The van der Waals surface area contributed by atoms with Gasteiger partial charge in [0.25, 0.3) is 5.92 Å². The first-order chi connectivity index (χ1) is 16.5. The van der Waals surface area contributed by atoms with Gasteiger partial charge in [0, 0.05) is 35.6 Å². The van der Waals surface area contributed by atoms with Gasteiger partial charge < -0.3 is 15.6 Å². The fourth-order valence-electron chi connectivity index (χ4n) is 5.53. The number of alkyl halides is 2. The number of pyridine rings is 1. The van der Waals surface area contributed by atoms with Crippen molar-refractivity contribution < 1.29 is 28.2 Å². The van der Waals surface area contributed by atoms with E-state index >= 15 is 8.78 Å². The normalized spacial score (nSPS) is 30.3. The average Bonchev–Trinajstić information content (AvgIpc) is 3.08. The number of hydrogen-bond donors (Lipinski definition) is 2. The number of ether oxygens (including phenoxy) is 1. The molecule has 3 N–H and O–H groups in total. The number of benzene rings is 1. The summed E-state index contributed by atoms with van der Waals surface area (Å²) in [6.07, 6.45) is 0.767.